The Balaban J connectivity index is 1.84. The van der Waals surface area contributed by atoms with Crippen LogP contribution in [0.15, 0.2) is 48.7 Å². The second kappa shape index (κ2) is 6.51. The van der Waals surface area contributed by atoms with E-state index in [2.05, 4.69) is 15.7 Å². The van der Waals surface area contributed by atoms with Crippen LogP contribution >= 0.6 is 0 Å². The number of hydrogen-bond donors (Lipinski definition) is 3. The van der Waals surface area contributed by atoms with E-state index >= 15 is 0 Å². The van der Waals surface area contributed by atoms with Crippen molar-refractivity contribution in [2.75, 3.05) is 12.0 Å². The number of anilines is 1. The summed E-state index contributed by atoms with van der Waals surface area (Å²) in [6.07, 6.45) is 2.32. The number of benzene rings is 1. The van der Waals surface area contributed by atoms with Gasteiger partial charge >= 0.3 is 0 Å². The van der Waals surface area contributed by atoms with Crippen LogP contribution in [0.25, 0.3) is 0 Å². The van der Waals surface area contributed by atoms with E-state index < -0.39 is 0 Å². The molecule has 19 heavy (non-hydrogen) atoms. The second-order valence-corrected chi connectivity index (χ2v) is 4.07. The first kappa shape index (κ1) is 13.0. The summed E-state index contributed by atoms with van der Waals surface area (Å²) in [6, 6.07) is 13.3. The van der Waals surface area contributed by atoms with Gasteiger partial charge in [-0.1, -0.05) is 30.3 Å². The van der Waals surface area contributed by atoms with Crippen LogP contribution in [-0.4, -0.2) is 17.4 Å². The Labute approximate surface area is 111 Å². The first-order chi connectivity index (χ1) is 9.29. The summed E-state index contributed by atoms with van der Waals surface area (Å²) >= 11 is 0. The number of carbonyl (C=O) groups is 1. The number of nitrogen functional groups attached to an aromatic ring is 1. The first-order valence-corrected chi connectivity index (χ1v) is 6.04. The highest BCUT2D eigenvalue weighted by atomic mass is 16.1. The first-order valence-electron chi connectivity index (χ1n) is 6.04. The third-order valence-electron chi connectivity index (χ3n) is 2.70. The average Bonchev–Trinajstić information content (AvgIpc) is 2.48. The van der Waals surface area contributed by atoms with Crippen molar-refractivity contribution in [1.29, 1.82) is 0 Å². The van der Waals surface area contributed by atoms with Crippen molar-refractivity contribution in [3.05, 3.63) is 59.9 Å². The molecule has 0 atom stereocenters. The lowest BCUT2D eigenvalue weighted by molar-refractivity contribution is 0.0949. The molecule has 0 spiro atoms. The van der Waals surface area contributed by atoms with Gasteiger partial charge in [-0.15, -0.1) is 0 Å². The molecule has 1 amide bonds. The monoisotopic (exact) mass is 256 g/mol. The van der Waals surface area contributed by atoms with Gasteiger partial charge in [0.05, 0.1) is 11.9 Å². The van der Waals surface area contributed by atoms with Gasteiger partial charge in [-0.05, 0) is 24.1 Å². The molecule has 2 rings (SSSR count). The van der Waals surface area contributed by atoms with Crippen molar-refractivity contribution >= 4 is 11.6 Å². The Hall–Kier alpha value is -2.40. The molecule has 4 N–H and O–H groups in total. The largest absolute Gasteiger partial charge is 0.350 e. The molecule has 0 unspecified atom stereocenters. The quantitative estimate of drug-likeness (QED) is 0.557. The molecule has 2 aromatic rings. The fraction of sp³-hybridized carbons (Fsp3) is 0.143. The van der Waals surface area contributed by atoms with Crippen LogP contribution in [0.5, 0.6) is 0 Å². The molecule has 0 saturated carbocycles. The van der Waals surface area contributed by atoms with Crippen molar-refractivity contribution in [2.24, 2.45) is 5.84 Å². The Bertz CT molecular complexity index is 525. The van der Waals surface area contributed by atoms with Crippen molar-refractivity contribution in [3.63, 3.8) is 0 Å². The van der Waals surface area contributed by atoms with Gasteiger partial charge in [-0.3, -0.25) is 10.6 Å². The number of pyridine rings is 1. The number of nitrogens with zero attached hydrogens (tertiary/aromatic N) is 1. The predicted octanol–water partition coefficient (Wildman–Crippen LogP) is 1.34. The number of hydrazine groups is 1. The van der Waals surface area contributed by atoms with Crippen LogP contribution in [0.2, 0.25) is 0 Å². The zero-order chi connectivity index (χ0) is 13.5. The molecular weight excluding hydrogens is 240 g/mol. The molecule has 1 aromatic carbocycles. The fourth-order valence-electron chi connectivity index (χ4n) is 1.67. The molecule has 5 nitrogen and oxygen atoms in total. The van der Waals surface area contributed by atoms with E-state index in [9.17, 15) is 4.79 Å². The number of hydrogen-bond acceptors (Lipinski definition) is 4. The summed E-state index contributed by atoms with van der Waals surface area (Å²) in [5, 5.41) is 2.83. The fourth-order valence-corrected chi connectivity index (χ4v) is 1.67. The van der Waals surface area contributed by atoms with Gasteiger partial charge in [-0.25, -0.2) is 4.98 Å². The number of carbonyl (C=O) groups excluding carboxylic acids is 1. The normalized spacial score (nSPS) is 9.95. The second-order valence-electron chi connectivity index (χ2n) is 4.07. The molecule has 0 bridgehead atoms. The van der Waals surface area contributed by atoms with Crippen LogP contribution in [0.3, 0.4) is 0 Å². The third kappa shape index (κ3) is 3.79. The lowest BCUT2D eigenvalue weighted by Crippen LogP contribution is -2.26. The molecule has 0 aliphatic rings. The Morgan fingerprint density at radius 2 is 1.95 bits per heavy atom. The Morgan fingerprint density at radius 1 is 1.16 bits per heavy atom. The number of nitrogens with one attached hydrogen (secondary N) is 2. The number of rotatable bonds is 5. The summed E-state index contributed by atoms with van der Waals surface area (Å²) in [6.45, 7) is 0.585. The Kier molecular flexibility index (Phi) is 4.47. The topological polar surface area (TPSA) is 80.0 Å². The summed E-state index contributed by atoms with van der Waals surface area (Å²) < 4.78 is 0. The van der Waals surface area contributed by atoms with E-state index in [1.165, 1.54) is 11.8 Å². The minimum atomic E-state index is -0.181. The van der Waals surface area contributed by atoms with E-state index in [-0.39, 0.29) is 5.91 Å². The molecule has 98 valence electrons. The van der Waals surface area contributed by atoms with Crippen LogP contribution < -0.4 is 16.6 Å². The summed E-state index contributed by atoms with van der Waals surface area (Å²) in [4.78, 5) is 15.8. The van der Waals surface area contributed by atoms with Crippen molar-refractivity contribution in [1.82, 2.24) is 10.3 Å². The van der Waals surface area contributed by atoms with E-state index in [1.807, 2.05) is 30.3 Å². The minimum Gasteiger partial charge on any atom is -0.350 e. The van der Waals surface area contributed by atoms with E-state index in [1.54, 1.807) is 12.1 Å². The van der Waals surface area contributed by atoms with Gasteiger partial charge in [0.1, 0.15) is 5.69 Å². The number of aromatic nitrogens is 1. The van der Waals surface area contributed by atoms with Gasteiger partial charge in [-0.2, -0.15) is 0 Å². The van der Waals surface area contributed by atoms with Gasteiger partial charge < -0.3 is 10.7 Å². The maximum Gasteiger partial charge on any atom is 0.269 e. The number of nitrogens with two attached hydrogens (primary N) is 1. The van der Waals surface area contributed by atoms with Crippen LogP contribution in [-0.2, 0) is 6.42 Å². The lowest BCUT2D eigenvalue weighted by atomic mass is 10.1. The summed E-state index contributed by atoms with van der Waals surface area (Å²) in [5.41, 5.74) is 4.71. The maximum absolute atomic E-state index is 11.8. The molecule has 0 saturated heterocycles. The van der Waals surface area contributed by atoms with Gasteiger partial charge in [0, 0.05) is 6.54 Å². The Morgan fingerprint density at radius 3 is 2.58 bits per heavy atom. The van der Waals surface area contributed by atoms with Crippen LogP contribution in [0, 0.1) is 0 Å². The predicted molar refractivity (Wildman–Crippen MR) is 74.5 cm³/mol. The van der Waals surface area contributed by atoms with Crippen LogP contribution in [0.4, 0.5) is 5.69 Å². The molecule has 0 aliphatic carbocycles. The minimum absolute atomic E-state index is 0.181. The zero-order valence-corrected chi connectivity index (χ0v) is 10.5. The SMILES string of the molecule is NNc1ccc(C(=O)NCCc2ccccc2)nc1. The van der Waals surface area contributed by atoms with Gasteiger partial charge in [0.2, 0.25) is 0 Å². The smallest absolute Gasteiger partial charge is 0.269 e. The molecule has 5 heteroatoms. The van der Waals surface area contributed by atoms with E-state index in [0.717, 1.165) is 6.42 Å². The molecule has 0 aliphatic heterocycles. The lowest BCUT2D eigenvalue weighted by Gasteiger charge is -2.05. The van der Waals surface area contributed by atoms with Crippen molar-refractivity contribution in [3.8, 4) is 0 Å². The molecule has 0 fully saturated rings. The van der Waals surface area contributed by atoms with Gasteiger partial charge in [0.15, 0.2) is 0 Å². The van der Waals surface area contributed by atoms with E-state index in [0.29, 0.717) is 17.9 Å². The van der Waals surface area contributed by atoms with Crippen molar-refractivity contribution in [2.45, 2.75) is 6.42 Å². The average molecular weight is 256 g/mol. The van der Waals surface area contributed by atoms with Crippen LogP contribution in [0.1, 0.15) is 16.1 Å². The maximum atomic E-state index is 11.8. The molecular formula is C14H16N4O. The molecule has 1 heterocycles. The summed E-state index contributed by atoms with van der Waals surface area (Å²) in [7, 11) is 0. The third-order valence-corrected chi connectivity index (χ3v) is 2.70. The van der Waals surface area contributed by atoms with Gasteiger partial charge in [0.25, 0.3) is 5.91 Å². The summed E-state index contributed by atoms with van der Waals surface area (Å²) in [5.74, 6) is 5.05. The molecule has 1 aromatic heterocycles. The highest BCUT2D eigenvalue weighted by Gasteiger charge is 2.05. The van der Waals surface area contributed by atoms with E-state index in [4.69, 9.17) is 5.84 Å². The zero-order valence-electron chi connectivity index (χ0n) is 10.5. The highest BCUT2D eigenvalue weighted by Crippen LogP contribution is 2.04. The molecule has 0 radical (unpaired) electrons. The highest BCUT2D eigenvalue weighted by molar-refractivity contribution is 5.92. The number of amides is 1. The van der Waals surface area contributed by atoms with Crippen molar-refractivity contribution < 1.29 is 4.79 Å². The standard InChI is InChI=1S/C14H16N4O/c15-18-12-6-7-13(17-10-12)14(19)16-9-8-11-4-2-1-3-5-11/h1-7,10,18H,8-9,15H2,(H,16,19).